The van der Waals surface area contributed by atoms with Gasteiger partial charge in [-0.1, -0.05) is 12.5 Å². The van der Waals surface area contributed by atoms with Crippen LogP contribution in [0.4, 0.5) is 0 Å². The Kier molecular flexibility index (Phi) is 6.65. The van der Waals surface area contributed by atoms with Crippen molar-refractivity contribution in [3.05, 3.63) is 82.4 Å². The summed E-state index contributed by atoms with van der Waals surface area (Å²) in [6.45, 7) is 3.24. The van der Waals surface area contributed by atoms with E-state index in [2.05, 4.69) is 16.0 Å². The molecule has 1 saturated heterocycles. The smallest absolute Gasteiger partial charge is 0.231 e. The van der Waals surface area contributed by atoms with Crippen LogP contribution in [0.3, 0.4) is 0 Å². The van der Waals surface area contributed by atoms with Gasteiger partial charge in [-0.15, -0.1) is 0 Å². The zero-order chi connectivity index (χ0) is 25.2. The van der Waals surface area contributed by atoms with Crippen molar-refractivity contribution < 1.29 is 24.1 Å². The number of rotatable bonds is 6. The molecule has 36 heavy (non-hydrogen) atoms. The molecule has 0 amide bonds. The molecule has 3 heterocycles. The molecule has 1 N–H and O–H groups in total. The predicted molar refractivity (Wildman–Crippen MR) is 137 cm³/mol. The fraction of sp³-hybridized carbons (Fsp3) is 0.310. The molecule has 2 aliphatic rings. The van der Waals surface area contributed by atoms with E-state index in [0.717, 1.165) is 31.4 Å². The number of methoxy groups -OCH3 is 2. The molecule has 0 bridgehead atoms. The summed E-state index contributed by atoms with van der Waals surface area (Å²) in [5, 5.41) is 11.1. The molecular formula is C29H30N2O5. The first kappa shape index (κ1) is 23.9. The van der Waals surface area contributed by atoms with Crippen LogP contribution in [-0.2, 0) is 6.54 Å². The molecule has 0 radical (unpaired) electrons. The highest BCUT2D eigenvalue weighted by Gasteiger charge is 2.33. The Labute approximate surface area is 210 Å². The number of allylic oxidation sites excluding steroid dienone is 1. The van der Waals surface area contributed by atoms with Gasteiger partial charge >= 0.3 is 0 Å². The fourth-order valence-electron chi connectivity index (χ4n) is 5.11. The average Bonchev–Trinajstić information content (AvgIpc) is 3.22. The van der Waals surface area contributed by atoms with Gasteiger partial charge in [-0.25, -0.2) is 0 Å². The Morgan fingerprint density at radius 2 is 2.06 bits per heavy atom. The highest BCUT2D eigenvalue weighted by atomic mass is 16.5. The quantitative estimate of drug-likeness (QED) is 0.464. The SMILES string of the molecule is COc1ccc(OC)c(/C=C2\Oc3c(cc(CN4CCCC[C@H]4c4cccnc4)c(O)c3C)C2=O)c1. The Bertz CT molecular complexity index is 1320. The first-order valence-corrected chi connectivity index (χ1v) is 12.2. The van der Waals surface area contributed by atoms with E-state index in [1.807, 2.05) is 12.3 Å². The van der Waals surface area contributed by atoms with E-state index >= 15 is 0 Å². The summed E-state index contributed by atoms with van der Waals surface area (Å²) >= 11 is 0. The second kappa shape index (κ2) is 10.0. The minimum absolute atomic E-state index is 0.164. The summed E-state index contributed by atoms with van der Waals surface area (Å²) in [4.78, 5) is 20.0. The minimum Gasteiger partial charge on any atom is -0.507 e. The van der Waals surface area contributed by atoms with Crippen molar-refractivity contribution in [2.24, 2.45) is 0 Å². The van der Waals surface area contributed by atoms with Crippen LogP contribution in [0.2, 0.25) is 0 Å². The first-order valence-electron chi connectivity index (χ1n) is 12.2. The van der Waals surface area contributed by atoms with Crippen LogP contribution in [0.25, 0.3) is 6.08 Å². The molecule has 0 spiro atoms. The Hall–Kier alpha value is -3.84. The van der Waals surface area contributed by atoms with Gasteiger partial charge in [0.2, 0.25) is 5.78 Å². The van der Waals surface area contributed by atoms with E-state index in [-0.39, 0.29) is 23.3 Å². The lowest BCUT2D eigenvalue weighted by atomic mass is 9.94. The van der Waals surface area contributed by atoms with Gasteiger partial charge in [0.25, 0.3) is 0 Å². The third-order valence-corrected chi connectivity index (χ3v) is 7.02. The van der Waals surface area contributed by atoms with E-state index in [0.29, 0.717) is 40.5 Å². The van der Waals surface area contributed by atoms with Gasteiger partial charge in [-0.3, -0.25) is 14.7 Å². The summed E-state index contributed by atoms with van der Waals surface area (Å²) in [5.41, 5.74) is 3.59. The molecule has 0 aliphatic carbocycles. The number of aromatic hydroxyl groups is 1. The van der Waals surface area contributed by atoms with Crippen molar-refractivity contribution in [1.29, 1.82) is 0 Å². The number of likely N-dealkylation sites (tertiary alicyclic amines) is 1. The molecule has 186 valence electrons. The van der Waals surface area contributed by atoms with Crippen molar-refractivity contribution in [1.82, 2.24) is 9.88 Å². The van der Waals surface area contributed by atoms with E-state index in [1.165, 1.54) is 5.56 Å². The molecule has 0 saturated carbocycles. The Morgan fingerprint density at radius 3 is 2.81 bits per heavy atom. The second-order valence-electron chi connectivity index (χ2n) is 9.20. The number of phenols is 1. The van der Waals surface area contributed by atoms with Gasteiger partial charge in [0, 0.05) is 41.7 Å². The summed E-state index contributed by atoms with van der Waals surface area (Å²) in [7, 11) is 3.16. The molecule has 3 aromatic rings. The maximum absolute atomic E-state index is 13.4. The number of ketones is 1. The number of ether oxygens (including phenoxy) is 3. The molecular weight excluding hydrogens is 456 g/mol. The van der Waals surface area contributed by atoms with Crippen LogP contribution in [0, 0.1) is 6.92 Å². The number of carbonyl (C=O) groups excluding carboxylic acids is 1. The zero-order valence-corrected chi connectivity index (χ0v) is 20.8. The number of phenolic OH excluding ortho intramolecular Hbond substituents is 1. The largest absolute Gasteiger partial charge is 0.507 e. The number of Topliss-reactive ketones (excluding diaryl/α,β-unsaturated/α-hetero) is 1. The number of nitrogens with zero attached hydrogens (tertiary/aromatic N) is 2. The van der Waals surface area contributed by atoms with Crippen LogP contribution in [-0.4, -0.2) is 41.5 Å². The third-order valence-electron chi connectivity index (χ3n) is 7.02. The molecule has 2 aromatic carbocycles. The average molecular weight is 487 g/mol. The van der Waals surface area contributed by atoms with Crippen LogP contribution in [0.5, 0.6) is 23.0 Å². The molecule has 7 heteroatoms. The molecule has 1 aromatic heterocycles. The van der Waals surface area contributed by atoms with Crippen LogP contribution in [0.15, 0.2) is 54.6 Å². The number of carbonyl (C=O) groups is 1. The maximum Gasteiger partial charge on any atom is 0.231 e. The highest BCUT2D eigenvalue weighted by molar-refractivity contribution is 6.15. The second-order valence-corrected chi connectivity index (χ2v) is 9.20. The van der Waals surface area contributed by atoms with Gasteiger partial charge in [-0.05, 0) is 68.3 Å². The number of hydrogen-bond donors (Lipinski definition) is 1. The summed E-state index contributed by atoms with van der Waals surface area (Å²) in [5.74, 6) is 1.77. The van der Waals surface area contributed by atoms with Gasteiger partial charge in [0.05, 0.1) is 19.8 Å². The van der Waals surface area contributed by atoms with Crippen molar-refractivity contribution in [2.75, 3.05) is 20.8 Å². The zero-order valence-electron chi connectivity index (χ0n) is 20.8. The Balaban J connectivity index is 1.46. The van der Waals surface area contributed by atoms with E-state index < -0.39 is 0 Å². The molecule has 1 atom stereocenters. The predicted octanol–water partition coefficient (Wildman–Crippen LogP) is 5.46. The van der Waals surface area contributed by atoms with Crippen LogP contribution in [0.1, 0.15) is 57.9 Å². The van der Waals surface area contributed by atoms with Crippen LogP contribution < -0.4 is 14.2 Å². The Morgan fingerprint density at radius 1 is 1.19 bits per heavy atom. The lowest BCUT2D eigenvalue weighted by Crippen LogP contribution is -2.33. The number of benzene rings is 2. The summed E-state index contributed by atoms with van der Waals surface area (Å²) < 4.78 is 16.7. The summed E-state index contributed by atoms with van der Waals surface area (Å²) in [6.07, 6.45) is 8.64. The van der Waals surface area contributed by atoms with E-state index in [1.54, 1.807) is 57.7 Å². The summed E-state index contributed by atoms with van der Waals surface area (Å²) in [6, 6.07) is 11.4. The molecule has 5 rings (SSSR count). The normalized spacial score (nSPS) is 18.7. The maximum atomic E-state index is 13.4. The standard InChI is InChI=1S/C29H30N2O5/c1-18-27(32)21(17-31-12-5-4-8-24(31)19-7-6-11-30-16-19)14-23-28(33)26(36-29(18)23)15-20-13-22(34-2)9-10-25(20)35-3/h6-7,9-11,13-16,24,32H,4-5,8,12,17H2,1-3H3/b26-15-/t24-/m0/s1. The molecule has 7 nitrogen and oxygen atoms in total. The number of fused-ring (bicyclic) bond motifs is 1. The minimum atomic E-state index is -0.221. The third kappa shape index (κ3) is 4.42. The van der Waals surface area contributed by atoms with E-state index in [9.17, 15) is 9.90 Å². The number of aromatic nitrogens is 1. The fourth-order valence-corrected chi connectivity index (χ4v) is 5.11. The van der Waals surface area contributed by atoms with Gasteiger partial charge in [0.15, 0.2) is 5.76 Å². The topological polar surface area (TPSA) is 81.1 Å². The van der Waals surface area contributed by atoms with Crippen molar-refractivity contribution >= 4 is 11.9 Å². The van der Waals surface area contributed by atoms with Crippen molar-refractivity contribution in [3.63, 3.8) is 0 Å². The first-order chi connectivity index (χ1) is 17.5. The van der Waals surface area contributed by atoms with Gasteiger partial charge in [-0.2, -0.15) is 0 Å². The lowest BCUT2D eigenvalue weighted by molar-refractivity contribution is 0.101. The van der Waals surface area contributed by atoms with Gasteiger partial charge < -0.3 is 19.3 Å². The van der Waals surface area contributed by atoms with Crippen molar-refractivity contribution in [3.8, 4) is 23.0 Å². The molecule has 0 unspecified atom stereocenters. The van der Waals surface area contributed by atoms with Crippen molar-refractivity contribution in [2.45, 2.75) is 38.8 Å². The monoisotopic (exact) mass is 486 g/mol. The van der Waals surface area contributed by atoms with Gasteiger partial charge in [0.1, 0.15) is 23.0 Å². The number of hydrogen-bond acceptors (Lipinski definition) is 7. The number of piperidine rings is 1. The molecule has 1 fully saturated rings. The molecule has 2 aliphatic heterocycles. The highest BCUT2D eigenvalue weighted by Crippen LogP contribution is 2.43. The van der Waals surface area contributed by atoms with E-state index in [4.69, 9.17) is 14.2 Å². The lowest BCUT2D eigenvalue weighted by Gasteiger charge is -2.36. The van der Waals surface area contributed by atoms with Crippen LogP contribution >= 0.6 is 0 Å². The number of pyridine rings is 1.